The van der Waals surface area contributed by atoms with Gasteiger partial charge in [0.2, 0.25) is 16.5 Å². The number of fused-ring (bicyclic) bond motifs is 1. The second-order valence-electron chi connectivity index (χ2n) is 4.49. The lowest BCUT2D eigenvalue weighted by atomic mass is 10.1. The molecule has 0 aliphatic carbocycles. The number of rotatable bonds is 3. The first-order valence-corrected chi connectivity index (χ1v) is 8.37. The van der Waals surface area contributed by atoms with Crippen molar-refractivity contribution in [1.29, 1.82) is 0 Å². The lowest BCUT2D eigenvalue weighted by molar-refractivity contribution is 0.483. The van der Waals surface area contributed by atoms with E-state index < -0.39 is 10.1 Å². The quantitative estimate of drug-likeness (QED) is 0.681. The highest BCUT2D eigenvalue weighted by atomic mass is 35.5. The summed E-state index contributed by atoms with van der Waals surface area (Å²) in [5, 5.41) is 4.14. The Balaban J connectivity index is 2.08. The van der Waals surface area contributed by atoms with Gasteiger partial charge in [-0.05, 0) is 46.8 Å². The number of anilines is 2. The van der Waals surface area contributed by atoms with E-state index in [1.165, 1.54) is 12.1 Å². The van der Waals surface area contributed by atoms with Crippen LogP contribution < -0.4 is 5.32 Å². The first kappa shape index (κ1) is 15.9. The van der Waals surface area contributed by atoms with Gasteiger partial charge in [-0.2, -0.15) is 23.4 Å². The molecule has 0 spiro atoms. The third kappa shape index (κ3) is 3.50. The van der Waals surface area contributed by atoms with Crippen LogP contribution in [0, 0.1) is 0 Å². The maximum Gasteiger partial charge on any atom is 0.294 e. The van der Waals surface area contributed by atoms with Gasteiger partial charge >= 0.3 is 0 Å². The number of nitrogens with one attached hydrogen (secondary N) is 1. The van der Waals surface area contributed by atoms with Crippen molar-refractivity contribution in [3.8, 4) is 0 Å². The zero-order valence-electron chi connectivity index (χ0n) is 11.2. The summed E-state index contributed by atoms with van der Waals surface area (Å²) in [6.07, 6.45) is 0. The van der Waals surface area contributed by atoms with Crippen LogP contribution in [0.4, 0.5) is 11.6 Å². The molecule has 2 N–H and O–H groups in total. The molecule has 0 aliphatic heterocycles. The molecule has 118 valence electrons. The first-order chi connectivity index (χ1) is 10.8. The van der Waals surface area contributed by atoms with Crippen LogP contribution in [0.2, 0.25) is 10.6 Å². The molecule has 0 fully saturated rings. The summed E-state index contributed by atoms with van der Waals surface area (Å²) in [6.45, 7) is 0. The molecule has 0 saturated heterocycles. The summed E-state index contributed by atoms with van der Waals surface area (Å²) in [5.74, 6) is 0.154. The van der Waals surface area contributed by atoms with Gasteiger partial charge < -0.3 is 5.32 Å². The molecule has 0 radical (unpaired) electrons. The number of aromatic nitrogens is 3. The average Bonchev–Trinajstić information content (AvgIpc) is 2.45. The van der Waals surface area contributed by atoms with Gasteiger partial charge in [-0.15, -0.1) is 0 Å². The predicted octanol–water partition coefficient (Wildman–Crippen LogP) is 3.32. The van der Waals surface area contributed by atoms with Gasteiger partial charge in [0.25, 0.3) is 10.1 Å². The molecule has 0 aliphatic rings. The van der Waals surface area contributed by atoms with Gasteiger partial charge in [0, 0.05) is 11.1 Å². The predicted molar refractivity (Wildman–Crippen MR) is 86.9 cm³/mol. The Morgan fingerprint density at radius 1 is 1.00 bits per heavy atom. The van der Waals surface area contributed by atoms with Crippen molar-refractivity contribution in [3.63, 3.8) is 0 Å². The highest BCUT2D eigenvalue weighted by Crippen LogP contribution is 2.28. The second-order valence-corrected chi connectivity index (χ2v) is 6.58. The molecule has 0 amide bonds. The fourth-order valence-electron chi connectivity index (χ4n) is 2.03. The summed E-state index contributed by atoms with van der Waals surface area (Å²) in [4.78, 5) is 11.3. The molecule has 3 aromatic rings. The van der Waals surface area contributed by atoms with E-state index in [4.69, 9.17) is 27.8 Å². The van der Waals surface area contributed by atoms with Crippen molar-refractivity contribution in [1.82, 2.24) is 15.0 Å². The van der Waals surface area contributed by atoms with Crippen molar-refractivity contribution in [2.75, 3.05) is 5.32 Å². The maximum atomic E-state index is 11.2. The van der Waals surface area contributed by atoms with E-state index in [1.807, 2.05) is 0 Å². The molecule has 7 nitrogen and oxygen atoms in total. The van der Waals surface area contributed by atoms with Crippen LogP contribution in [0.3, 0.4) is 0 Å². The summed E-state index contributed by atoms with van der Waals surface area (Å²) < 4.78 is 31.5. The Labute approximate surface area is 141 Å². The maximum absolute atomic E-state index is 11.2. The highest BCUT2D eigenvalue weighted by Gasteiger charge is 2.12. The van der Waals surface area contributed by atoms with Gasteiger partial charge in [0.05, 0.1) is 4.90 Å². The van der Waals surface area contributed by atoms with Crippen LogP contribution in [0.25, 0.3) is 10.8 Å². The van der Waals surface area contributed by atoms with Crippen LogP contribution in [0.1, 0.15) is 0 Å². The van der Waals surface area contributed by atoms with Crippen LogP contribution in [-0.4, -0.2) is 27.9 Å². The molecule has 3 rings (SSSR count). The number of benzene rings is 2. The zero-order chi connectivity index (χ0) is 16.6. The van der Waals surface area contributed by atoms with Crippen LogP contribution in [0.5, 0.6) is 0 Å². The van der Waals surface area contributed by atoms with Crippen molar-refractivity contribution < 1.29 is 13.0 Å². The molecule has 1 aromatic heterocycles. The third-order valence-corrected chi connectivity index (χ3v) is 4.16. The Morgan fingerprint density at radius 3 is 2.35 bits per heavy atom. The number of halogens is 2. The van der Waals surface area contributed by atoms with Crippen molar-refractivity contribution in [3.05, 3.63) is 47.0 Å². The van der Waals surface area contributed by atoms with Crippen molar-refractivity contribution in [2.24, 2.45) is 0 Å². The highest BCUT2D eigenvalue weighted by molar-refractivity contribution is 7.85. The molecule has 0 saturated carbocycles. The molecule has 10 heteroatoms. The summed E-state index contributed by atoms with van der Waals surface area (Å²) in [5.41, 5.74) is 0.614. The zero-order valence-corrected chi connectivity index (χ0v) is 13.6. The van der Waals surface area contributed by atoms with Gasteiger partial charge in [-0.25, -0.2) is 0 Å². The Hall–Kier alpha value is -2.00. The standard InChI is InChI=1S/C13H8Cl2N4O3S/c14-11-17-12(15)19-13(18-11)16-10-3-1-2-7-6-8(23(20,21)22)4-5-9(7)10/h1-6H,(H,20,21,22)(H,16,17,18,19). The number of hydrogen-bond donors (Lipinski definition) is 2. The van der Waals surface area contributed by atoms with Crippen LogP contribution >= 0.6 is 23.2 Å². The SMILES string of the molecule is O=S(=O)(O)c1ccc2c(Nc3nc(Cl)nc(Cl)n3)cccc2c1. The van der Waals surface area contributed by atoms with E-state index in [2.05, 4.69) is 20.3 Å². The number of nitrogens with zero attached hydrogens (tertiary/aromatic N) is 3. The van der Waals surface area contributed by atoms with Gasteiger partial charge in [-0.1, -0.05) is 18.2 Å². The monoisotopic (exact) mass is 370 g/mol. The van der Waals surface area contributed by atoms with E-state index in [0.29, 0.717) is 16.5 Å². The largest absolute Gasteiger partial charge is 0.323 e. The van der Waals surface area contributed by atoms with Crippen molar-refractivity contribution >= 4 is 55.7 Å². The normalized spacial score (nSPS) is 11.6. The summed E-state index contributed by atoms with van der Waals surface area (Å²) in [6, 6.07) is 9.40. The van der Waals surface area contributed by atoms with E-state index in [9.17, 15) is 8.42 Å². The molecule has 0 unspecified atom stereocenters. The molecule has 1 heterocycles. The fourth-order valence-corrected chi connectivity index (χ4v) is 2.91. The molecule has 0 bridgehead atoms. The van der Waals surface area contributed by atoms with E-state index in [1.54, 1.807) is 24.3 Å². The lowest BCUT2D eigenvalue weighted by Crippen LogP contribution is -2.01. The molecule has 2 aromatic carbocycles. The van der Waals surface area contributed by atoms with Gasteiger partial charge in [-0.3, -0.25) is 4.55 Å². The summed E-state index contributed by atoms with van der Waals surface area (Å²) in [7, 11) is -4.27. The summed E-state index contributed by atoms with van der Waals surface area (Å²) >= 11 is 11.4. The Kier molecular flexibility index (Phi) is 4.07. The van der Waals surface area contributed by atoms with E-state index in [-0.39, 0.29) is 21.4 Å². The Bertz CT molecular complexity index is 991. The molecular formula is C13H8Cl2N4O3S. The van der Waals surface area contributed by atoms with E-state index in [0.717, 1.165) is 0 Å². The third-order valence-electron chi connectivity index (χ3n) is 2.98. The lowest BCUT2D eigenvalue weighted by Gasteiger charge is -2.09. The average molecular weight is 371 g/mol. The van der Waals surface area contributed by atoms with Gasteiger partial charge in [0.15, 0.2) is 0 Å². The first-order valence-electron chi connectivity index (χ1n) is 6.17. The second kappa shape index (κ2) is 5.89. The molecular weight excluding hydrogens is 363 g/mol. The minimum atomic E-state index is -4.27. The fraction of sp³-hybridized carbons (Fsp3) is 0. The minimum absolute atomic E-state index is 0.0543. The topological polar surface area (TPSA) is 105 Å². The number of hydrogen-bond acceptors (Lipinski definition) is 6. The smallest absolute Gasteiger partial charge is 0.294 e. The van der Waals surface area contributed by atoms with Crippen molar-refractivity contribution in [2.45, 2.75) is 4.90 Å². The minimum Gasteiger partial charge on any atom is -0.323 e. The van der Waals surface area contributed by atoms with Gasteiger partial charge in [0.1, 0.15) is 0 Å². The van der Waals surface area contributed by atoms with Crippen LogP contribution in [-0.2, 0) is 10.1 Å². The molecule has 0 atom stereocenters. The van der Waals surface area contributed by atoms with Crippen LogP contribution in [0.15, 0.2) is 41.3 Å². The Morgan fingerprint density at radius 2 is 1.70 bits per heavy atom. The molecule has 23 heavy (non-hydrogen) atoms. The van der Waals surface area contributed by atoms with E-state index >= 15 is 0 Å².